The van der Waals surface area contributed by atoms with Gasteiger partial charge in [-0.3, -0.25) is 0 Å². The highest BCUT2D eigenvalue weighted by molar-refractivity contribution is 6.24. The van der Waals surface area contributed by atoms with Crippen molar-refractivity contribution in [2.45, 2.75) is 0 Å². The summed E-state index contributed by atoms with van der Waals surface area (Å²) >= 11 is 0. The predicted molar refractivity (Wildman–Crippen MR) is 130 cm³/mol. The number of hydrogen-bond donors (Lipinski definition) is 0. The van der Waals surface area contributed by atoms with Crippen LogP contribution < -0.4 is 0 Å². The summed E-state index contributed by atoms with van der Waals surface area (Å²) in [6.45, 7) is 0. The average molecular weight is 380 g/mol. The summed E-state index contributed by atoms with van der Waals surface area (Å²) in [5.74, 6) is 0. The zero-order valence-electron chi connectivity index (χ0n) is 16.5. The molecule has 0 spiro atoms. The van der Waals surface area contributed by atoms with E-state index in [0.717, 1.165) is 0 Å². The molecule has 0 heteroatoms. The van der Waals surface area contributed by atoms with Crippen molar-refractivity contribution in [3.63, 3.8) is 0 Å². The molecule has 0 nitrogen and oxygen atoms in total. The summed E-state index contributed by atoms with van der Waals surface area (Å²) in [4.78, 5) is 0. The maximum atomic E-state index is 2.34. The Bertz CT molecular complexity index is 1450. The minimum absolute atomic E-state index is 1.23. The van der Waals surface area contributed by atoms with E-state index in [1.54, 1.807) is 0 Å². The molecular formula is C30H20. The van der Waals surface area contributed by atoms with Crippen molar-refractivity contribution < 1.29 is 0 Å². The lowest BCUT2D eigenvalue weighted by Crippen LogP contribution is -1.90. The second-order valence-corrected chi connectivity index (χ2v) is 7.80. The maximum Gasteiger partial charge on any atom is -0.00208 e. The molecule has 0 aliphatic heterocycles. The molecule has 0 unspecified atom stereocenters. The first-order chi connectivity index (χ1) is 14.9. The summed E-state index contributed by atoms with van der Waals surface area (Å²) < 4.78 is 0. The fraction of sp³-hybridized carbons (Fsp3) is 0. The van der Waals surface area contributed by atoms with Crippen LogP contribution in [0.15, 0.2) is 115 Å². The normalized spacial score (nSPS) is 11.3. The van der Waals surface area contributed by atoms with Crippen LogP contribution in [0.25, 0.3) is 44.0 Å². The second kappa shape index (κ2) is 6.86. The molecule has 6 rings (SSSR count). The van der Waals surface area contributed by atoms with Gasteiger partial charge in [-0.2, -0.15) is 0 Å². The quantitative estimate of drug-likeness (QED) is 0.214. The fourth-order valence-corrected chi connectivity index (χ4v) is 4.61. The first-order valence-electron chi connectivity index (χ1n) is 10.4. The van der Waals surface area contributed by atoms with Gasteiger partial charge in [-0.15, -0.1) is 0 Å². The summed E-state index contributed by atoms with van der Waals surface area (Å²) in [5.41, 5.74) is 4.96. The molecule has 0 N–H and O–H groups in total. The first-order valence-corrected chi connectivity index (χ1v) is 10.4. The van der Waals surface area contributed by atoms with Gasteiger partial charge in [0.1, 0.15) is 0 Å². The van der Waals surface area contributed by atoms with E-state index in [2.05, 4.69) is 121 Å². The molecule has 6 aromatic carbocycles. The van der Waals surface area contributed by atoms with Gasteiger partial charge in [0, 0.05) is 0 Å². The van der Waals surface area contributed by atoms with Crippen LogP contribution in [0.3, 0.4) is 0 Å². The lowest BCUT2D eigenvalue weighted by molar-refractivity contribution is 1.56. The predicted octanol–water partition coefficient (Wildman–Crippen LogP) is 8.17. The van der Waals surface area contributed by atoms with Gasteiger partial charge < -0.3 is 0 Å². The molecule has 0 bridgehead atoms. The molecule has 0 aromatic heterocycles. The molecule has 30 heavy (non-hydrogen) atoms. The smallest absolute Gasteiger partial charge is 0.00208 e. The monoisotopic (exact) mass is 380 g/mol. The lowest BCUT2D eigenvalue weighted by atomic mass is 9.90. The van der Waals surface area contributed by atoms with E-state index in [1.807, 2.05) is 0 Å². The molecular weight excluding hydrogens is 360 g/mol. The van der Waals surface area contributed by atoms with Gasteiger partial charge in [-0.25, -0.2) is 0 Å². The number of benzene rings is 6. The second-order valence-electron chi connectivity index (χ2n) is 7.80. The maximum absolute atomic E-state index is 2.34. The number of rotatable bonds is 3. The van der Waals surface area contributed by atoms with Crippen molar-refractivity contribution in [2.24, 2.45) is 0 Å². The van der Waals surface area contributed by atoms with Crippen LogP contribution in [-0.4, -0.2) is 0 Å². The zero-order valence-corrected chi connectivity index (χ0v) is 16.5. The topological polar surface area (TPSA) is 0 Å². The van der Waals surface area contributed by atoms with Crippen molar-refractivity contribution >= 4 is 44.0 Å². The van der Waals surface area contributed by atoms with Crippen molar-refractivity contribution in [1.29, 1.82) is 0 Å². The Morgan fingerprint density at radius 3 is 1.60 bits per heavy atom. The molecule has 0 amide bonds. The molecule has 0 atom stereocenters. The van der Waals surface area contributed by atoms with Crippen LogP contribution in [-0.2, 0) is 0 Å². The first kappa shape index (κ1) is 17.0. The summed E-state index contributed by atoms with van der Waals surface area (Å²) in [7, 11) is 0. The highest BCUT2D eigenvalue weighted by Crippen LogP contribution is 2.37. The van der Waals surface area contributed by atoms with Gasteiger partial charge in [0.15, 0.2) is 0 Å². The Hall–Kier alpha value is -3.90. The van der Waals surface area contributed by atoms with Crippen LogP contribution in [0.4, 0.5) is 0 Å². The van der Waals surface area contributed by atoms with E-state index in [-0.39, 0.29) is 0 Å². The van der Waals surface area contributed by atoms with Crippen molar-refractivity contribution in [1.82, 2.24) is 0 Å². The molecule has 140 valence electrons. The minimum atomic E-state index is 1.23. The summed E-state index contributed by atoms with van der Waals surface area (Å²) in [6, 6.07) is 41.4. The largest absolute Gasteiger partial charge is 0.0622 e. The molecule has 0 saturated carbocycles. The van der Waals surface area contributed by atoms with Gasteiger partial charge in [0.05, 0.1) is 0 Å². The Morgan fingerprint density at radius 1 is 0.433 bits per heavy atom. The SMILES string of the molecule is C(=C(c1ccccc1)c1ccccc1)c1ccc2ccc3cccc4ccc1c2c34. The van der Waals surface area contributed by atoms with Gasteiger partial charge >= 0.3 is 0 Å². The minimum Gasteiger partial charge on any atom is -0.0622 e. The third-order valence-corrected chi connectivity index (χ3v) is 6.03. The van der Waals surface area contributed by atoms with Crippen molar-refractivity contribution in [3.05, 3.63) is 132 Å². The number of hydrogen-bond acceptors (Lipinski definition) is 0. The molecule has 0 heterocycles. The highest BCUT2D eigenvalue weighted by atomic mass is 14.1. The molecule has 0 aliphatic carbocycles. The van der Waals surface area contributed by atoms with E-state index in [9.17, 15) is 0 Å². The van der Waals surface area contributed by atoms with E-state index in [0.29, 0.717) is 0 Å². The van der Waals surface area contributed by atoms with Crippen LogP contribution in [0, 0.1) is 0 Å². The van der Waals surface area contributed by atoms with Gasteiger partial charge in [-0.1, -0.05) is 115 Å². The third-order valence-electron chi connectivity index (χ3n) is 6.03. The van der Waals surface area contributed by atoms with Gasteiger partial charge in [-0.05, 0) is 60.7 Å². The van der Waals surface area contributed by atoms with E-state index in [1.165, 1.54) is 54.6 Å². The van der Waals surface area contributed by atoms with Gasteiger partial charge in [0.25, 0.3) is 0 Å². The van der Waals surface area contributed by atoms with Crippen LogP contribution in [0.5, 0.6) is 0 Å². The molecule has 0 aliphatic rings. The highest BCUT2D eigenvalue weighted by Gasteiger charge is 2.11. The molecule has 0 fully saturated rings. The third kappa shape index (κ3) is 2.69. The summed E-state index contributed by atoms with van der Waals surface area (Å²) in [5, 5.41) is 7.94. The Labute approximate surface area is 176 Å². The van der Waals surface area contributed by atoms with Crippen molar-refractivity contribution in [2.75, 3.05) is 0 Å². The Morgan fingerprint density at radius 2 is 0.967 bits per heavy atom. The Balaban J connectivity index is 1.67. The zero-order chi connectivity index (χ0) is 19.9. The van der Waals surface area contributed by atoms with Crippen LogP contribution in [0.1, 0.15) is 16.7 Å². The van der Waals surface area contributed by atoms with E-state index < -0.39 is 0 Å². The lowest BCUT2D eigenvalue weighted by Gasteiger charge is -2.14. The summed E-state index contributed by atoms with van der Waals surface area (Å²) in [6.07, 6.45) is 2.34. The standard InChI is InChI=1S/C30H20/c1-3-8-21(9-4-1)28(22-10-5-2-6-11-22)20-26-17-16-25-15-14-23-12-7-13-24-18-19-27(26)30(25)29(23)24/h1-20H. The van der Waals surface area contributed by atoms with Crippen molar-refractivity contribution in [3.8, 4) is 0 Å². The Kier molecular flexibility index (Phi) is 3.89. The molecule has 6 aromatic rings. The fourth-order valence-electron chi connectivity index (χ4n) is 4.61. The van der Waals surface area contributed by atoms with E-state index >= 15 is 0 Å². The van der Waals surface area contributed by atoms with Gasteiger partial charge in [0.2, 0.25) is 0 Å². The molecule has 0 radical (unpaired) electrons. The van der Waals surface area contributed by atoms with E-state index in [4.69, 9.17) is 0 Å². The molecule has 0 saturated heterocycles. The van der Waals surface area contributed by atoms with Crippen LogP contribution >= 0.6 is 0 Å². The van der Waals surface area contributed by atoms with Crippen LogP contribution in [0.2, 0.25) is 0 Å². The average Bonchev–Trinajstić information content (AvgIpc) is 2.82.